The molecule has 0 fully saturated rings. The van der Waals surface area contributed by atoms with Crippen LogP contribution in [0.3, 0.4) is 0 Å². The Hall–Kier alpha value is -5.76. The van der Waals surface area contributed by atoms with Crippen LogP contribution in [0.2, 0.25) is 0 Å². The highest BCUT2D eigenvalue weighted by Crippen LogP contribution is 2.29. The van der Waals surface area contributed by atoms with Gasteiger partial charge >= 0.3 is 0 Å². The van der Waals surface area contributed by atoms with Crippen molar-refractivity contribution in [3.63, 3.8) is 0 Å². The van der Waals surface area contributed by atoms with E-state index in [1.165, 1.54) is 6.07 Å². The van der Waals surface area contributed by atoms with Gasteiger partial charge in [0.15, 0.2) is 0 Å². The number of benzene rings is 4. The first kappa shape index (κ1) is 28.8. The van der Waals surface area contributed by atoms with E-state index >= 15 is 0 Å². The van der Waals surface area contributed by atoms with Crippen LogP contribution in [0, 0.1) is 11.8 Å². The first-order valence-corrected chi connectivity index (χ1v) is 13.8. The minimum absolute atomic E-state index is 0.257. The van der Waals surface area contributed by atoms with E-state index < -0.39 is 11.8 Å². The van der Waals surface area contributed by atoms with Crippen LogP contribution in [0.15, 0.2) is 133 Å². The van der Waals surface area contributed by atoms with Crippen molar-refractivity contribution >= 4 is 46.4 Å². The summed E-state index contributed by atoms with van der Waals surface area (Å²) >= 11 is 0. The number of rotatable bonds is 8. The van der Waals surface area contributed by atoms with E-state index in [0.717, 1.165) is 0 Å². The molecule has 0 aromatic heterocycles. The lowest BCUT2D eigenvalue weighted by Crippen LogP contribution is -2.32. The van der Waals surface area contributed by atoms with Crippen molar-refractivity contribution < 1.29 is 19.2 Å². The topological polar surface area (TPSA) is 116 Å². The van der Waals surface area contributed by atoms with Crippen LogP contribution in [0.1, 0.15) is 27.6 Å². The van der Waals surface area contributed by atoms with Gasteiger partial charge in [-0.3, -0.25) is 19.2 Å². The molecule has 1 aliphatic carbocycles. The number of carbonyl (C=O) groups is 4. The Labute approximate surface area is 249 Å². The van der Waals surface area contributed by atoms with Gasteiger partial charge in [-0.2, -0.15) is 0 Å². The summed E-state index contributed by atoms with van der Waals surface area (Å²) in [5, 5.41) is 11.4. The normalized spacial score (nSPS) is 15.5. The van der Waals surface area contributed by atoms with Gasteiger partial charge in [-0.05, 0) is 60.7 Å². The average molecular weight is 571 g/mol. The highest BCUT2D eigenvalue weighted by molar-refractivity contribution is 6.09. The second-order valence-electron chi connectivity index (χ2n) is 10.1. The molecule has 8 nitrogen and oxygen atoms in total. The van der Waals surface area contributed by atoms with Gasteiger partial charge in [0.1, 0.15) is 0 Å². The Bertz CT molecular complexity index is 1710. The molecule has 8 heteroatoms. The minimum atomic E-state index is -0.565. The summed E-state index contributed by atoms with van der Waals surface area (Å²) in [6.45, 7) is 1.84. The zero-order valence-corrected chi connectivity index (χ0v) is 23.4. The van der Waals surface area contributed by atoms with Crippen molar-refractivity contribution in [2.24, 2.45) is 11.8 Å². The first-order valence-electron chi connectivity index (χ1n) is 13.8. The fourth-order valence-electron chi connectivity index (χ4n) is 4.74. The molecule has 0 aliphatic heterocycles. The van der Waals surface area contributed by atoms with Crippen molar-refractivity contribution in [2.75, 3.05) is 21.3 Å². The molecule has 4 aromatic carbocycles. The van der Waals surface area contributed by atoms with Gasteiger partial charge in [0.25, 0.3) is 17.7 Å². The number of amides is 4. The quantitative estimate of drug-likeness (QED) is 0.193. The first-order chi connectivity index (χ1) is 20.9. The smallest absolute Gasteiger partial charge is 0.255 e. The second kappa shape index (κ2) is 13.3. The largest absolute Gasteiger partial charge is 0.325 e. The third-order valence-electron chi connectivity index (χ3n) is 7.03. The van der Waals surface area contributed by atoms with E-state index in [0.29, 0.717) is 39.4 Å². The van der Waals surface area contributed by atoms with Crippen LogP contribution in [0.5, 0.6) is 0 Å². The van der Waals surface area contributed by atoms with Crippen LogP contribution in [0.4, 0.5) is 22.7 Å². The van der Waals surface area contributed by atoms with Crippen LogP contribution >= 0.6 is 0 Å². The monoisotopic (exact) mass is 570 g/mol. The molecular weight excluding hydrogens is 540 g/mol. The third kappa shape index (κ3) is 7.31. The molecule has 0 saturated heterocycles. The number of allylic oxidation sites excluding steroid dienone is 2. The number of para-hydroxylation sites is 2. The Kier molecular flexibility index (Phi) is 8.87. The van der Waals surface area contributed by atoms with Crippen molar-refractivity contribution in [1.29, 1.82) is 0 Å². The van der Waals surface area contributed by atoms with E-state index in [4.69, 9.17) is 0 Å². The molecule has 2 atom stereocenters. The highest BCUT2D eigenvalue weighted by Gasteiger charge is 2.30. The number of nitrogens with one attached hydrogen (secondary N) is 4. The summed E-state index contributed by atoms with van der Waals surface area (Å²) in [7, 11) is 0. The summed E-state index contributed by atoms with van der Waals surface area (Å²) in [5.41, 5.74) is 3.45. The number of carbonyl (C=O) groups excluding carboxylic acids is 4. The third-order valence-corrected chi connectivity index (χ3v) is 7.03. The van der Waals surface area contributed by atoms with Crippen molar-refractivity contribution in [3.05, 3.63) is 144 Å². The molecule has 4 amide bonds. The van der Waals surface area contributed by atoms with Gasteiger partial charge in [-0.15, -0.1) is 0 Å². The SMILES string of the molecule is CC1C(C(=O)Nc2ccccc2)=CC=CC1C(=O)Nc1cccc(NC(=O)c2cccc(C(=O)Nc3ccccc3)c2)c1. The Morgan fingerprint density at radius 2 is 1.02 bits per heavy atom. The predicted molar refractivity (Wildman–Crippen MR) is 169 cm³/mol. The lowest BCUT2D eigenvalue weighted by molar-refractivity contribution is -0.119. The van der Waals surface area contributed by atoms with Crippen molar-refractivity contribution in [3.8, 4) is 0 Å². The standard InChI is InChI=1S/C35H30N4O4/c1-23-30(34(42)37-27-15-6-3-7-16-27)19-10-20-31(23)35(43)39-29-18-9-17-28(22-29)38-33(41)25-12-8-11-24(21-25)32(40)36-26-13-4-2-5-14-26/h2-23,31H,1H3,(H,36,40)(H,37,42)(H,38,41)(H,39,43). The molecule has 43 heavy (non-hydrogen) atoms. The highest BCUT2D eigenvalue weighted by atomic mass is 16.2. The fourth-order valence-corrected chi connectivity index (χ4v) is 4.74. The van der Waals surface area contributed by atoms with E-state index in [2.05, 4.69) is 21.3 Å². The molecular formula is C35H30N4O4. The van der Waals surface area contributed by atoms with Crippen molar-refractivity contribution in [2.45, 2.75) is 6.92 Å². The maximum absolute atomic E-state index is 13.2. The van der Waals surface area contributed by atoms with Gasteiger partial charge in [0, 0.05) is 45.4 Å². The molecule has 5 rings (SSSR count). The summed E-state index contributed by atoms with van der Waals surface area (Å²) in [6.07, 6.45) is 5.21. The van der Waals surface area contributed by atoms with Crippen molar-refractivity contribution in [1.82, 2.24) is 0 Å². The Balaban J connectivity index is 1.20. The molecule has 0 heterocycles. The second-order valence-corrected chi connectivity index (χ2v) is 10.1. The van der Waals surface area contributed by atoms with E-state index in [1.54, 1.807) is 85.0 Å². The van der Waals surface area contributed by atoms with Gasteiger partial charge in [0.2, 0.25) is 5.91 Å². The van der Waals surface area contributed by atoms with E-state index in [-0.39, 0.29) is 23.6 Å². The maximum atomic E-state index is 13.2. The predicted octanol–water partition coefficient (Wildman–Crippen LogP) is 6.52. The number of hydrogen-bond acceptors (Lipinski definition) is 4. The van der Waals surface area contributed by atoms with E-state index in [9.17, 15) is 19.2 Å². The molecule has 1 aliphatic rings. The molecule has 0 bridgehead atoms. The maximum Gasteiger partial charge on any atom is 0.255 e. The fraction of sp³-hybridized carbons (Fsp3) is 0.0857. The lowest BCUT2D eigenvalue weighted by atomic mass is 9.82. The van der Waals surface area contributed by atoms with Gasteiger partial charge < -0.3 is 21.3 Å². The summed E-state index contributed by atoms with van der Waals surface area (Å²) in [5.74, 6) is -2.19. The van der Waals surface area contributed by atoms with E-state index in [1.807, 2.05) is 43.3 Å². The molecule has 4 aromatic rings. The minimum Gasteiger partial charge on any atom is -0.325 e. The number of anilines is 4. The van der Waals surface area contributed by atoms with Crippen LogP contribution in [-0.2, 0) is 9.59 Å². The molecule has 2 unspecified atom stereocenters. The number of hydrogen-bond donors (Lipinski definition) is 4. The Morgan fingerprint density at radius 3 is 1.63 bits per heavy atom. The molecule has 4 N–H and O–H groups in total. The van der Waals surface area contributed by atoms with Gasteiger partial charge in [-0.1, -0.05) is 73.7 Å². The summed E-state index contributed by atoms with van der Waals surface area (Å²) in [6, 6.07) is 31.4. The van der Waals surface area contributed by atoms with Gasteiger partial charge in [-0.25, -0.2) is 0 Å². The molecule has 0 saturated carbocycles. The average Bonchev–Trinajstić information content (AvgIpc) is 3.02. The molecule has 0 radical (unpaired) electrons. The zero-order chi connectivity index (χ0) is 30.2. The zero-order valence-electron chi connectivity index (χ0n) is 23.4. The molecule has 214 valence electrons. The van der Waals surface area contributed by atoms with Crippen LogP contribution in [0.25, 0.3) is 0 Å². The lowest BCUT2D eigenvalue weighted by Gasteiger charge is -2.25. The Morgan fingerprint density at radius 1 is 0.535 bits per heavy atom. The van der Waals surface area contributed by atoms with Gasteiger partial charge in [0.05, 0.1) is 5.92 Å². The summed E-state index contributed by atoms with van der Waals surface area (Å²) < 4.78 is 0. The van der Waals surface area contributed by atoms with Crippen LogP contribution in [-0.4, -0.2) is 23.6 Å². The molecule has 0 spiro atoms. The summed E-state index contributed by atoms with van der Waals surface area (Å²) in [4.78, 5) is 51.8. The van der Waals surface area contributed by atoms with Crippen LogP contribution < -0.4 is 21.3 Å².